The summed E-state index contributed by atoms with van der Waals surface area (Å²) in [4.78, 5) is 0. The molecule has 1 nitrogen and oxygen atoms in total. The number of nitrogens with two attached hydrogens (primary N) is 1. The number of anilines is 1. The van der Waals surface area contributed by atoms with E-state index in [1.807, 2.05) is 24.3 Å². The van der Waals surface area contributed by atoms with E-state index in [1.165, 1.54) is 6.07 Å². The van der Waals surface area contributed by atoms with Crippen molar-refractivity contribution in [2.45, 2.75) is 0 Å². The van der Waals surface area contributed by atoms with E-state index < -0.39 is 0 Å². The monoisotopic (exact) mass is 265 g/mol. The third-order valence-corrected chi connectivity index (χ3v) is 2.70. The van der Waals surface area contributed by atoms with Gasteiger partial charge in [-0.25, -0.2) is 4.39 Å². The summed E-state index contributed by atoms with van der Waals surface area (Å²) in [5.41, 5.74) is 7.62. The minimum atomic E-state index is -0.379. The second-order valence-corrected chi connectivity index (χ2v) is 4.16. The molecule has 0 aliphatic carbocycles. The molecule has 0 fully saturated rings. The van der Waals surface area contributed by atoms with Gasteiger partial charge in [0, 0.05) is 4.47 Å². The number of nitrogen functional groups attached to an aromatic ring is 1. The molecule has 15 heavy (non-hydrogen) atoms. The molecular weight excluding hydrogens is 257 g/mol. The Morgan fingerprint density at radius 1 is 0.933 bits per heavy atom. The molecule has 0 aliphatic heterocycles. The highest BCUT2D eigenvalue weighted by atomic mass is 79.9. The second-order valence-electron chi connectivity index (χ2n) is 3.24. The highest BCUT2D eigenvalue weighted by Crippen LogP contribution is 2.24. The Labute approximate surface area is 95.9 Å². The van der Waals surface area contributed by atoms with E-state index in [9.17, 15) is 4.39 Å². The summed E-state index contributed by atoms with van der Waals surface area (Å²) in [5.74, 6) is -0.379. The van der Waals surface area contributed by atoms with Gasteiger partial charge in [0.1, 0.15) is 5.82 Å². The van der Waals surface area contributed by atoms with E-state index in [-0.39, 0.29) is 11.5 Å². The number of rotatable bonds is 1. The Kier molecular flexibility index (Phi) is 2.73. The largest absolute Gasteiger partial charge is 0.396 e. The van der Waals surface area contributed by atoms with Gasteiger partial charge in [0.15, 0.2) is 0 Å². The van der Waals surface area contributed by atoms with Crippen LogP contribution in [0.1, 0.15) is 0 Å². The van der Waals surface area contributed by atoms with Crippen LogP contribution < -0.4 is 5.73 Å². The first-order chi connectivity index (χ1) is 7.16. The summed E-state index contributed by atoms with van der Waals surface area (Å²) >= 11 is 3.36. The van der Waals surface area contributed by atoms with Gasteiger partial charge in [-0.1, -0.05) is 34.1 Å². The number of hydrogen-bond donors (Lipinski definition) is 1. The Balaban J connectivity index is 2.45. The first-order valence-electron chi connectivity index (χ1n) is 4.48. The smallest absolute Gasteiger partial charge is 0.146 e. The van der Waals surface area contributed by atoms with Gasteiger partial charge in [-0.3, -0.25) is 0 Å². The summed E-state index contributed by atoms with van der Waals surface area (Å²) in [7, 11) is 0. The third-order valence-electron chi connectivity index (χ3n) is 2.17. The fourth-order valence-electron chi connectivity index (χ4n) is 1.37. The van der Waals surface area contributed by atoms with E-state index >= 15 is 0 Å². The van der Waals surface area contributed by atoms with Gasteiger partial charge in [-0.2, -0.15) is 0 Å². The normalized spacial score (nSPS) is 10.3. The summed E-state index contributed by atoms with van der Waals surface area (Å²) in [6, 6.07) is 12.5. The molecule has 0 unspecified atom stereocenters. The van der Waals surface area contributed by atoms with Crippen LogP contribution >= 0.6 is 15.9 Å². The van der Waals surface area contributed by atoms with Gasteiger partial charge < -0.3 is 5.73 Å². The second kappa shape index (κ2) is 4.03. The van der Waals surface area contributed by atoms with Gasteiger partial charge in [0.2, 0.25) is 0 Å². The van der Waals surface area contributed by atoms with Crippen LogP contribution in [0.3, 0.4) is 0 Å². The van der Waals surface area contributed by atoms with Crippen molar-refractivity contribution in [3.63, 3.8) is 0 Å². The minimum Gasteiger partial charge on any atom is -0.396 e. The molecule has 0 saturated carbocycles. The fraction of sp³-hybridized carbons (Fsp3) is 0. The molecule has 0 saturated heterocycles. The van der Waals surface area contributed by atoms with E-state index in [4.69, 9.17) is 5.73 Å². The van der Waals surface area contributed by atoms with Crippen LogP contribution in [0.4, 0.5) is 10.1 Å². The third kappa shape index (κ3) is 2.18. The van der Waals surface area contributed by atoms with Crippen LogP contribution in [0.25, 0.3) is 11.1 Å². The van der Waals surface area contributed by atoms with Gasteiger partial charge in [-0.05, 0) is 35.4 Å². The molecular formula is C12H9BrFN. The zero-order valence-electron chi connectivity index (χ0n) is 7.87. The zero-order valence-corrected chi connectivity index (χ0v) is 9.46. The Morgan fingerprint density at radius 3 is 2.13 bits per heavy atom. The van der Waals surface area contributed by atoms with Crippen LogP contribution in [-0.4, -0.2) is 0 Å². The zero-order chi connectivity index (χ0) is 10.8. The van der Waals surface area contributed by atoms with Gasteiger partial charge >= 0.3 is 0 Å². The maximum Gasteiger partial charge on any atom is 0.146 e. The van der Waals surface area contributed by atoms with Crippen molar-refractivity contribution in [3.8, 4) is 11.1 Å². The quantitative estimate of drug-likeness (QED) is 0.780. The van der Waals surface area contributed by atoms with Crippen molar-refractivity contribution < 1.29 is 4.39 Å². The number of benzene rings is 2. The summed E-state index contributed by atoms with van der Waals surface area (Å²) in [6.07, 6.45) is 0. The van der Waals surface area contributed by atoms with Crippen molar-refractivity contribution in [2.75, 3.05) is 5.73 Å². The summed E-state index contributed by atoms with van der Waals surface area (Å²) in [5, 5.41) is 0. The van der Waals surface area contributed by atoms with Gasteiger partial charge in [0.25, 0.3) is 0 Å². The molecule has 0 aromatic heterocycles. The molecule has 0 atom stereocenters. The molecule has 0 spiro atoms. The SMILES string of the molecule is Nc1cc(-c2ccc(Br)cc2)ccc1F. The van der Waals surface area contributed by atoms with Crippen LogP contribution in [-0.2, 0) is 0 Å². The lowest BCUT2D eigenvalue weighted by molar-refractivity contribution is 0.632. The standard InChI is InChI=1S/C12H9BrFN/c13-10-4-1-8(2-5-10)9-3-6-11(14)12(15)7-9/h1-7H,15H2. The summed E-state index contributed by atoms with van der Waals surface area (Å²) < 4.78 is 14.0. The molecule has 0 amide bonds. The van der Waals surface area contributed by atoms with Crippen LogP contribution in [0.2, 0.25) is 0 Å². The highest BCUT2D eigenvalue weighted by molar-refractivity contribution is 9.10. The average Bonchev–Trinajstić information content (AvgIpc) is 2.23. The molecule has 0 aliphatic rings. The Morgan fingerprint density at radius 2 is 1.53 bits per heavy atom. The van der Waals surface area contributed by atoms with Crippen molar-refractivity contribution in [1.29, 1.82) is 0 Å². The first kappa shape index (κ1) is 10.2. The summed E-state index contributed by atoms with van der Waals surface area (Å²) in [6.45, 7) is 0. The molecule has 2 N–H and O–H groups in total. The number of halogens is 2. The van der Waals surface area contributed by atoms with E-state index in [2.05, 4.69) is 15.9 Å². The molecule has 3 heteroatoms. The lowest BCUT2D eigenvalue weighted by Crippen LogP contribution is -1.90. The molecule has 0 heterocycles. The van der Waals surface area contributed by atoms with E-state index in [1.54, 1.807) is 12.1 Å². The predicted molar refractivity (Wildman–Crippen MR) is 63.9 cm³/mol. The Hall–Kier alpha value is -1.35. The molecule has 0 bridgehead atoms. The van der Waals surface area contributed by atoms with Crippen molar-refractivity contribution in [1.82, 2.24) is 0 Å². The topological polar surface area (TPSA) is 26.0 Å². The van der Waals surface area contributed by atoms with E-state index in [0.29, 0.717) is 0 Å². The maximum atomic E-state index is 12.9. The molecule has 2 aromatic rings. The first-order valence-corrected chi connectivity index (χ1v) is 5.27. The van der Waals surface area contributed by atoms with Crippen LogP contribution in [0.15, 0.2) is 46.9 Å². The molecule has 76 valence electrons. The van der Waals surface area contributed by atoms with Crippen molar-refractivity contribution >= 4 is 21.6 Å². The highest BCUT2D eigenvalue weighted by Gasteiger charge is 2.01. The lowest BCUT2D eigenvalue weighted by atomic mass is 10.1. The van der Waals surface area contributed by atoms with E-state index in [0.717, 1.165) is 15.6 Å². The van der Waals surface area contributed by atoms with Gasteiger partial charge in [-0.15, -0.1) is 0 Å². The average molecular weight is 266 g/mol. The molecule has 2 rings (SSSR count). The maximum absolute atomic E-state index is 12.9. The molecule has 2 aromatic carbocycles. The van der Waals surface area contributed by atoms with Crippen molar-refractivity contribution in [2.24, 2.45) is 0 Å². The fourth-order valence-corrected chi connectivity index (χ4v) is 1.63. The van der Waals surface area contributed by atoms with Crippen LogP contribution in [0.5, 0.6) is 0 Å². The predicted octanol–water partition coefficient (Wildman–Crippen LogP) is 3.84. The number of hydrogen-bond acceptors (Lipinski definition) is 1. The van der Waals surface area contributed by atoms with Gasteiger partial charge in [0.05, 0.1) is 5.69 Å². The van der Waals surface area contributed by atoms with Crippen molar-refractivity contribution in [3.05, 3.63) is 52.8 Å². The lowest BCUT2D eigenvalue weighted by Gasteiger charge is -2.03. The molecule has 0 radical (unpaired) electrons. The minimum absolute atomic E-state index is 0.176. The van der Waals surface area contributed by atoms with Crippen LogP contribution in [0, 0.1) is 5.82 Å². The Bertz CT molecular complexity index is 479.